The van der Waals surface area contributed by atoms with Gasteiger partial charge in [0.1, 0.15) is 0 Å². The molecule has 0 spiro atoms. The van der Waals surface area contributed by atoms with Crippen molar-refractivity contribution < 1.29 is 14.3 Å². The Labute approximate surface area is 125 Å². The standard InChI is InChI=1S/C16H22N2O3/c1-20-12-16-6-2-10-21-14(16)5-9-18(11-16)15(19)13-3-7-17-8-4-13/h3-4,7-8,14H,2,5-6,9-12H2,1H3/t14-,16-/m0/s1. The second-order valence-corrected chi connectivity index (χ2v) is 6.01. The molecular formula is C16H22N2O3. The third kappa shape index (κ3) is 2.80. The monoisotopic (exact) mass is 290 g/mol. The van der Waals surface area contributed by atoms with E-state index < -0.39 is 0 Å². The lowest BCUT2D eigenvalue weighted by atomic mass is 9.73. The minimum absolute atomic E-state index is 0.0477. The molecule has 0 bridgehead atoms. The molecule has 2 aliphatic rings. The lowest BCUT2D eigenvalue weighted by Gasteiger charge is -2.50. The molecule has 3 heterocycles. The molecule has 2 atom stereocenters. The summed E-state index contributed by atoms with van der Waals surface area (Å²) in [5.41, 5.74) is 0.654. The van der Waals surface area contributed by atoms with Crippen LogP contribution in [-0.2, 0) is 9.47 Å². The van der Waals surface area contributed by atoms with Crippen LogP contribution in [0.5, 0.6) is 0 Å². The number of nitrogens with zero attached hydrogens (tertiary/aromatic N) is 2. The van der Waals surface area contributed by atoms with Crippen LogP contribution in [0.4, 0.5) is 0 Å². The molecule has 0 radical (unpaired) electrons. The topological polar surface area (TPSA) is 51.7 Å². The van der Waals surface area contributed by atoms with Gasteiger partial charge in [0.05, 0.1) is 12.7 Å². The highest BCUT2D eigenvalue weighted by molar-refractivity contribution is 5.94. The molecule has 0 aromatic carbocycles. The quantitative estimate of drug-likeness (QED) is 0.851. The predicted octanol–water partition coefficient (Wildman–Crippen LogP) is 1.74. The molecule has 0 N–H and O–H groups in total. The van der Waals surface area contributed by atoms with E-state index >= 15 is 0 Å². The average Bonchev–Trinajstić information content (AvgIpc) is 2.54. The molecule has 0 saturated carbocycles. The Morgan fingerprint density at radius 1 is 1.52 bits per heavy atom. The first-order valence-electron chi connectivity index (χ1n) is 7.55. The molecule has 2 saturated heterocycles. The van der Waals surface area contributed by atoms with E-state index in [0.717, 1.165) is 32.4 Å². The number of hydrogen-bond acceptors (Lipinski definition) is 4. The van der Waals surface area contributed by atoms with Crippen molar-refractivity contribution in [1.29, 1.82) is 0 Å². The van der Waals surface area contributed by atoms with Gasteiger partial charge in [-0.3, -0.25) is 9.78 Å². The maximum absolute atomic E-state index is 12.6. The van der Waals surface area contributed by atoms with E-state index in [2.05, 4.69) is 4.98 Å². The molecule has 114 valence electrons. The van der Waals surface area contributed by atoms with E-state index in [1.807, 2.05) is 4.90 Å². The van der Waals surface area contributed by atoms with E-state index in [0.29, 0.717) is 18.7 Å². The summed E-state index contributed by atoms with van der Waals surface area (Å²) < 4.78 is 11.4. The zero-order chi connectivity index (χ0) is 14.7. The molecule has 21 heavy (non-hydrogen) atoms. The van der Waals surface area contributed by atoms with Crippen LogP contribution in [0, 0.1) is 5.41 Å². The van der Waals surface area contributed by atoms with Crippen molar-refractivity contribution in [2.24, 2.45) is 5.41 Å². The Balaban J connectivity index is 1.78. The minimum atomic E-state index is -0.0477. The van der Waals surface area contributed by atoms with Crippen LogP contribution in [0.1, 0.15) is 29.6 Å². The van der Waals surface area contributed by atoms with Gasteiger partial charge < -0.3 is 14.4 Å². The molecule has 1 aromatic rings. The summed E-state index contributed by atoms with van der Waals surface area (Å²) in [4.78, 5) is 18.6. The van der Waals surface area contributed by atoms with Crippen LogP contribution in [0.15, 0.2) is 24.5 Å². The fourth-order valence-corrected chi connectivity index (χ4v) is 3.64. The summed E-state index contributed by atoms with van der Waals surface area (Å²) in [5, 5.41) is 0. The van der Waals surface area contributed by atoms with Gasteiger partial charge in [-0.15, -0.1) is 0 Å². The number of aromatic nitrogens is 1. The Morgan fingerprint density at radius 2 is 2.33 bits per heavy atom. The van der Waals surface area contributed by atoms with Gasteiger partial charge in [-0.1, -0.05) is 0 Å². The highest BCUT2D eigenvalue weighted by atomic mass is 16.5. The van der Waals surface area contributed by atoms with E-state index in [4.69, 9.17) is 9.47 Å². The predicted molar refractivity (Wildman–Crippen MR) is 78.0 cm³/mol. The Kier molecular flexibility index (Phi) is 4.22. The largest absolute Gasteiger partial charge is 0.384 e. The molecule has 2 fully saturated rings. The number of likely N-dealkylation sites (tertiary alicyclic amines) is 1. The van der Waals surface area contributed by atoms with Crippen LogP contribution in [0.3, 0.4) is 0 Å². The van der Waals surface area contributed by atoms with Crippen LogP contribution < -0.4 is 0 Å². The van der Waals surface area contributed by atoms with Crippen molar-refractivity contribution in [1.82, 2.24) is 9.88 Å². The normalized spacial score (nSPS) is 29.0. The van der Waals surface area contributed by atoms with E-state index in [1.54, 1.807) is 31.6 Å². The molecule has 0 aliphatic carbocycles. The van der Waals surface area contributed by atoms with E-state index in [9.17, 15) is 4.79 Å². The van der Waals surface area contributed by atoms with Crippen molar-refractivity contribution in [3.63, 3.8) is 0 Å². The Bertz CT molecular complexity index is 490. The number of ether oxygens (including phenoxy) is 2. The van der Waals surface area contributed by atoms with Gasteiger partial charge in [0.15, 0.2) is 0 Å². The summed E-state index contributed by atoms with van der Waals surface area (Å²) in [7, 11) is 1.73. The van der Waals surface area contributed by atoms with Crippen LogP contribution in [-0.4, -0.2) is 55.3 Å². The highest BCUT2D eigenvalue weighted by Gasteiger charge is 2.47. The number of fused-ring (bicyclic) bond motifs is 1. The summed E-state index contributed by atoms with van der Waals surface area (Å²) >= 11 is 0. The maximum Gasteiger partial charge on any atom is 0.253 e. The van der Waals surface area contributed by atoms with Gasteiger partial charge in [-0.25, -0.2) is 0 Å². The van der Waals surface area contributed by atoms with Crippen molar-refractivity contribution >= 4 is 5.91 Å². The maximum atomic E-state index is 12.6. The van der Waals surface area contributed by atoms with Gasteiger partial charge in [0.25, 0.3) is 5.91 Å². The van der Waals surface area contributed by atoms with E-state index in [1.165, 1.54) is 0 Å². The van der Waals surface area contributed by atoms with Gasteiger partial charge >= 0.3 is 0 Å². The van der Waals surface area contributed by atoms with Crippen LogP contribution in [0.25, 0.3) is 0 Å². The van der Waals surface area contributed by atoms with Crippen molar-refractivity contribution in [2.45, 2.75) is 25.4 Å². The Morgan fingerprint density at radius 3 is 3.10 bits per heavy atom. The molecule has 5 nitrogen and oxygen atoms in total. The van der Waals surface area contributed by atoms with Crippen LogP contribution >= 0.6 is 0 Å². The summed E-state index contributed by atoms with van der Waals surface area (Å²) in [5.74, 6) is 0.0805. The number of amides is 1. The molecule has 1 aromatic heterocycles. The molecular weight excluding hydrogens is 268 g/mol. The summed E-state index contributed by atoms with van der Waals surface area (Å²) in [6.07, 6.45) is 6.53. The number of carbonyl (C=O) groups is 1. The van der Waals surface area contributed by atoms with Crippen LogP contribution in [0.2, 0.25) is 0 Å². The molecule has 3 rings (SSSR count). The second-order valence-electron chi connectivity index (χ2n) is 6.01. The average molecular weight is 290 g/mol. The number of carbonyl (C=O) groups excluding carboxylic acids is 1. The molecule has 2 aliphatic heterocycles. The minimum Gasteiger partial charge on any atom is -0.384 e. The zero-order valence-corrected chi connectivity index (χ0v) is 12.5. The van der Waals surface area contributed by atoms with Gasteiger partial charge in [-0.2, -0.15) is 0 Å². The third-order valence-electron chi connectivity index (χ3n) is 4.63. The van der Waals surface area contributed by atoms with Gasteiger partial charge in [0.2, 0.25) is 0 Å². The van der Waals surface area contributed by atoms with Gasteiger partial charge in [-0.05, 0) is 31.4 Å². The number of rotatable bonds is 3. The van der Waals surface area contributed by atoms with Crippen molar-refractivity contribution in [3.05, 3.63) is 30.1 Å². The lowest BCUT2D eigenvalue weighted by molar-refractivity contribution is -0.142. The lowest BCUT2D eigenvalue weighted by Crippen LogP contribution is -2.58. The van der Waals surface area contributed by atoms with Crippen molar-refractivity contribution in [2.75, 3.05) is 33.4 Å². The molecule has 0 unspecified atom stereocenters. The van der Waals surface area contributed by atoms with E-state index in [-0.39, 0.29) is 17.4 Å². The highest BCUT2D eigenvalue weighted by Crippen LogP contribution is 2.40. The number of methoxy groups -OCH3 is 1. The number of pyridine rings is 1. The van der Waals surface area contributed by atoms with Gasteiger partial charge in [0, 0.05) is 50.2 Å². The first-order valence-corrected chi connectivity index (χ1v) is 7.55. The number of piperidine rings is 1. The summed E-state index contributed by atoms with van der Waals surface area (Å²) in [6.45, 7) is 2.94. The smallest absolute Gasteiger partial charge is 0.253 e. The molecule has 1 amide bonds. The first-order chi connectivity index (χ1) is 10.2. The fraction of sp³-hybridized carbons (Fsp3) is 0.625. The zero-order valence-electron chi connectivity index (χ0n) is 12.5. The summed E-state index contributed by atoms with van der Waals surface area (Å²) in [6, 6.07) is 3.55. The Hall–Kier alpha value is -1.46. The number of hydrogen-bond donors (Lipinski definition) is 0. The van der Waals surface area contributed by atoms with Crippen molar-refractivity contribution in [3.8, 4) is 0 Å². The first kappa shape index (κ1) is 14.5. The molecule has 5 heteroatoms. The third-order valence-corrected chi connectivity index (χ3v) is 4.63. The SMILES string of the molecule is COC[C@@]12CCCO[C@H]1CCN(C(=O)c1ccncc1)C2. The second kappa shape index (κ2) is 6.12. The fourth-order valence-electron chi connectivity index (χ4n) is 3.64.